The molecule has 0 fully saturated rings. The average molecular weight is 429 g/mol. The average Bonchev–Trinajstić information content (AvgIpc) is 3.10. The highest BCUT2D eigenvalue weighted by Crippen LogP contribution is 2.42. The Morgan fingerprint density at radius 1 is 1.19 bits per heavy atom. The van der Waals surface area contributed by atoms with Gasteiger partial charge in [-0.1, -0.05) is 49.7 Å². The summed E-state index contributed by atoms with van der Waals surface area (Å²) in [5.74, 6) is 0.459. The van der Waals surface area contributed by atoms with Crippen LogP contribution in [0.1, 0.15) is 66.6 Å². The van der Waals surface area contributed by atoms with E-state index in [1.54, 1.807) is 6.21 Å². The minimum atomic E-state index is -0.0485. The van der Waals surface area contributed by atoms with E-state index in [1.165, 1.54) is 39.7 Å². The first-order valence-corrected chi connectivity index (χ1v) is 11.8. The molecule has 2 aromatic carbocycles. The van der Waals surface area contributed by atoms with E-state index in [0.29, 0.717) is 18.5 Å². The second-order valence-corrected chi connectivity index (χ2v) is 9.53. The van der Waals surface area contributed by atoms with Gasteiger partial charge in [0.05, 0.1) is 18.8 Å². The molecule has 1 N–H and O–H groups in total. The number of aromatic nitrogens is 1. The largest absolute Gasteiger partial charge is 0.342 e. The van der Waals surface area contributed by atoms with Crippen molar-refractivity contribution in [2.24, 2.45) is 5.10 Å². The van der Waals surface area contributed by atoms with E-state index in [9.17, 15) is 4.79 Å². The van der Waals surface area contributed by atoms with Crippen LogP contribution in [0.4, 0.5) is 0 Å². The van der Waals surface area contributed by atoms with Crippen LogP contribution in [0.5, 0.6) is 0 Å². The van der Waals surface area contributed by atoms with Crippen molar-refractivity contribution in [1.82, 2.24) is 14.9 Å². The molecule has 5 heteroatoms. The molecule has 1 amide bonds. The number of hydrogen-bond acceptors (Lipinski definition) is 3. The number of rotatable bonds is 5. The summed E-state index contributed by atoms with van der Waals surface area (Å²) >= 11 is 0. The van der Waals surface area contributed by atoms with Gasteiger partial charge in [0.2, 0.25) is 0 Å². The Morgan fingerprint density at radius 3 is 2.78 bits per heavy atom. The highest BCUT2D eigenvalue weighted by atomic mass is 16.2. The highest BCUT2D eigenvalue weighted by molar-refractivity contribution is 5.87. The molecular weight excluding hydrogens is 396 g/mol. The van der Waals surface area contributed by atoms with Gasteiger partial charge in [-0.25, -0.2) is 5.43 Å². The van der Waals surface area contributed by atoms with Gasteiger partial charge in [-0.15, -0.1) is 0 Å². The first-order chi connectivity index (χ1) is 15.5. The van der Waals surface area contributed by atoms with E-state index in [-0.39, 0.29) is 5.91 Å². The zero-order valence-electron chi connectivity index (χ0n) is 19.3. The van der Waals surface area contributed by atoms with Crippen LogP contribution in [0.2, 0.25) is 0 Å². The van der Waals surface area contributed by atoms with Crippen LogP contribution in [-0.2, 0) is 17.8 Å². The molecule has 166 valence electrons. The Hall–Kier alpha value is -2.92. The van der Waals surface area contributed by atoms with Crippen LogP contribution in [0.3, 0.4) is 0 Å². The van der Waals surface area contributed by atoms with Crippen LogP contribution in [0.15, 0.2) is 47.6 Å². The maximum Gasteiger partial charge on any atom is 0.254 e. The van der Waals surface area contributed by atoms with E-state index < -0.39 is 0 Å². The first kappa shape index (κ1) is 21.0. The summed E-state index contributed by atoms with van der Waals surface area (Å²) in [6, 6.07) is 15.4. The normalized spacial score (nSPS) is 18.4. The molecule has 1 unspecified atom stereocenters. The maximum absolute atomic E-state index is 12.7. The van der Waals surface area contributed by atoms with Crippen molar-refractivity contribution in [2.45, 2.75) is 58.5 Å². The molecule has 32 heavy (non-hydrogen) atoms. The van der Waals surface area contributed by atoms with Crippen molar-refractivity contribution in [2.75, 3.05) is 13.1 Å². The second kappa shape index (κ2) is 8.55. The summed E-state index contributed by atoms with van der Waals surface area (Å²) in [7, 11) is 0. The third kappa shape index (κ3) is 3.86. The number of aryl methyl sites for hydroxylation is 2. The molecule has 1 aromatic heterocycles. The molecule has 0 saturated heterocycles. The van der Waals surface area contributed by atoms with Gasteiger partial charge in [-0.3, -0.25) is 9.69 Å². The van der Waals surface area contributed by atoms with E-state index in [0.717, 1.165) is 31.5 Å². The topological polar surface area (TPSA) is 49.6 Å². The Labute approximate surface area is 190 Å². The standard InChI is InChI=1S/C27H32N4O/c1-18(2)21-10-8-20(9-11-21)16-28-29-26(32)17-30-13-14-31-24-12-7-19(3)15-23(24)22-5-4-6-25(30)27(22)31/h7-12,15-16,18,25H,4-6,13-14,17H2,1-3H3,(H,29,32). The summed E-state index contributed by atoms with van der Waals surface area (Å²) in [6.45, 7) is 8.74. The lowest BCUT2D eigenvalue weighted by Gasteiger charge is -2.39. The number of nitrogens with zero attached hydrogens (tertiary/aromatic N) is 3. The maximum atomic E-state index is 12.7. The van der Waals surface area contributed by atoms with E-state index in [2.05, 4.69) is 71.1 Å². The minimum absolute atomic E-state index is 0.0485. The Morgan fingerprint density at radius 2 is 2.00 bits per heavy atom. The highest BCUT2D eigenvalue weighted by Gasteiger charge is 2.35. The van der Waals surface area contributed by atoms with Gasteiger partial charge in [0.25, 0.3) is 5.91 Å². The first-order valence-electron chi connectivity index (χ1n) is 11.8. The molecular formula is C27H32N4O. The predicted molar refractivity (Wildman–Crippen MR) is 130 cm³/mol. The predicted octanol–water partition coefficient (Wildman–Crippen LogP) is 4.92. The molecule has 0 spiro atoms. The molecule has 2 aliphatic rings. The quantitative estimate of drug-likeness (QED) is 0.463. The number of carbonyl (C=O) groups excluding carboxylic acids is 1. The third-order valence-electron chi connectivity index (χ3n) is 6.99. The summed E-state index contributed by atoms with van der Waals surface area (Å²) in [5.41, 5.74) is 10.6. The number of hydrazone groups is 1. The fraction of sp³-hybridized carbons (Fsp3) is 0.407. The number of fused-ring (bicyclic) bond motifs is 3. The summed E-state index contributed by atoms with van der Waals surface area (Å²) < 4.78 is 2.50. The van der Waals surface area contributed by atoms with Crippen LogP contribution in [0, 0.1) is 6.92 Å². The molecule has 0 saturated carbocycles. The fourth-order valence-electron chi connectivity index (χ4n) is 5.35. The van der Waals surface area contributed by atoms with E-state index >= 15 is 0 Å². The van der Waals surface area contributed by atoms with Crippen molar-refractivity contribution in [3.8, 4) is 0 Å². The van der Waals surface area contributed by atoms with Crippen molar-refractivity contribution in [1.29, 1.82) is 0 Å². The van der Waals surface area contributed by atoms with Gasteiger partial charge in [-0.2, -0.15) is 5.10 Å². The van der Waals surface area contributed by atoms with Crippen molar-refractivity contribution >= 4 is 23.0 Å². The van der Waals surface area contributed by atoms with E-state index in [4.69, 9.17) is 0 Å². The van der Waals surface area contributed by atoms with Crippen LogP contribution in [0.25, 0.3) is 10.9 Å². The van der Waals surface area contributed by atoms with Gasteiger partial charge in [0.15, 0.2) is 0 Å². The number of benzene rings is 2. The fourth-order valence-corrected chi connectivity index (χ4v) is 5.35. The zero-order chi connectivity index (χ0) is 22.2. The number of hydrogen-bond donors (Lipinski definition) is 1. The van der Waals surface area contributed by atoms with Gasteiger partial charge in [-0.05, 0) is 60.9 Å². The van der Waals surface area contributed by atoms with Gasteiger partial charge in [0, 0.05) is 29.7 Å². The van der Waals surface area contributed by atoms with Gasteiger partial charge >= 0.3 is 0 Å². The summed E-state index contributed by atoms with van der Waals surface area (Å²) in [4.78, 5) is 15.0. The summed E-state index contributed by atoms with van der Waals surface area (Å²) in [5, 5.41) is 5.60. The molecule has 3 aromatic rings. The lowest BCUT2D eigenvalue weighted by Crippen LogP contribution is -2.44. The monoisotopic (exact) mass is 428 g/mol. The lowest BCUT2D eigenvalue weighted by molar-refractivity contribution is -0.123. The summed E-state index contributed by atoms with van der Waals surface area (Å²) in [6.07, 6.45) is 5.14. The number of nitrogens with one attached hydrogen (secondary N) is 1. The van der Waals surface area contributed by atoms with Crippen LogP contribution >= 0.6 is 0 Å². The zero-order valence-corrected chi connectivity index (χ0v) is 19.3. The SMILES string of the molecule is Cc1ccc2c(c1)c1c3n2CCN(CC(=O)NN=Cc2ccc(C(C)C)cc2)C3CCC1. The smallest absolute Gasteiger partial charge is 0.254 e. The van der Waals surface area contributed by atoms with Gasteiger partial charge in [0.1, 0.15) is 0 Å². The Balaban J connectivity index is 1.28. The van der Waals surface area contributed by atoms with Crippen LogP contribution < -0.4 is 5.43 Å². The molecule has 1 atom stereocenters. The van der Waals surface area contributed by atoms with Crippen molar-refractivity contribution < 1.29 is 4.79 Å². The Bertz CT molecular complexity index is 1170. The second-order valence-electron chi connectivity index (χ2n) is 9.53. The molecule has 5 nitrogen and oxygen atoms in total. The molecule has 5 rings (SSSR count). The molecule has 0 radical (unpaired) electrons. The van der Waals surface area contributed by atoms with Crippen molar-refractivity contribution in [3.63, 3.8) is 0 Å². The van der Waals surface area contributed by atoms with Crippen molar-refractivity contribution in [3.05, 3.63) is 70.4 Å². The number of amides is 1. The number of carbonyl (C=O) groups is 1. The Kier molecular flexibility index (Phi) is 5.60. The molecule has 2 heterocycles. The molecule has 1 aliphatic heterocycles. The van der Waals surface area contributed by atoms with Crippen LogP contribution in [-0.4, -0.2) is 34.7 Å². The molecule has 1 aliphatic carbocycles. The van der Waals surface area contributed by atoms with E-state index in [1.807, 2.05) is 12.1 Å². The van der Waals surface area contributed by atoms with Gasteiger partial charge < -0.3 is 4.57 Å². The minimum Gasteiger partial charge on any atom is -0.342 e. The third-order valence-corrected chi connectivity index (χ3v) is 6.99. The molecule has 0 bridgehead atoms. The lowest BCUT2D eigenvalue weighted by atomic mass is 9.89.